The molecule has 0 spiro atoms. The van der Waals surface area contributed by atoms with Crippen LogP contribution >= 0.6 is 0 Å². The average Bonchev–Trinajstić information content (AvgIpc) is 2.99. The predicted octanol–water partition coefficient (Wildman–Crippen LogP) is 4.51. The number of fused-ring (bicyclic) bond motifs is 1. The van der Waals surface area contributed by atoms with Crippen LogP contribution in [0.15, 0.2) is 83.9 Å². The molecular formula is C29H27N5O3. The Kier molecular flexibility index (Phi) is 7.16. The molecule has 1 heterocycles. The molecule has 0 fully saturated rings. The first-order valence-corrected chi connectivity index (χ1v) is 11.8. The highest BCUT2D eigenvalue weighted by molar-refractivity contribution is 6.21. The van der Waals surface area contributed by atoms with Crippen molar-refractivity contribution in [3.63, 3.8) is 0 Å². The SMILES string of the molecule is CC(C)(C)C(=O)CN1C(=O)[C@H](NC(=O)Nc2cccc(C#N)c2)N=C(c2ccccc2)c2ccccc21. The first-order chi connectivity index (χ1) is 17.7. The summed E-state index contributed by atoms with van der Waals surface area (Å²) in [7, 11) is 0. The van der Waals surface area contributed by atoms with Crippen LogP contribution in [0.2, 0.25) is 0 Å². The van der Waals surface area contributed by atoms with Gasteiger partial charge < -0.3 is 15.5 Å². The van der Waals surface area contributed by atoms with E-state index in [2.05, 4.69) is 10.6 Å². The molecule has 0 saturated heterocycles. The van der Waals surface area contributed by atoms with E-state index in [-0.39, 0.29) is 12.3 Å². The average molecular weight is 494 g/mol. The Balaban J connectivity index is 1.75. The van der Waals surface area contributed by atoms with Crippen LogP contribution in [0, 0.1) is 16.7 Å². The van der Waals surface area contributed by atoms with Gasteiger partial charge in [0.2, 0.25) is 6.17 Å². The molecule has 0 saturated carbocycles. The highest BCUT2D eigenvalue weighted by Crippen LogP contribution is 2.29. The molecule has 0 radical (unpaired) electrons. The molecule has 1 atom stereocenters. The van der Waals surface area contributed by atoms with Crippen LogP contribution in [0.4, 0.5) is 16.2 Å². The number of rotatable bonds is 5. The van der Waals surface area contributed by atoms with Gasteiger partial charge in [-0.1, -0.05) is 75.4 Å². The van der Waals surface area contributed by atoms with Gasteiger partial charge in [-0.25, -0.2) is 9.79 Å². The number of amides is 3. The van der Waals surface area contributed by atoms with E-state index in [0.29, 0.717) is 28.2 Å². The largest absolute Gasteiger partial charge is 0.321 e. The highest BCUT2D eigenvalue weighted by atomic mass is 16.2. The molecule has 4 rings (SSSR count). The zero-order chi connectivity index (χ0) is 26.6. The minimum atomic E-state index is -1.30. The Morgan fingerprint density at radius 1 is 1.00 bits per heavy atom. The molecule has 0 aromatic heterocycles. The number of carbonyl (C=O) groups is 3. The minimum Gasteiger partial charge on any atom is -0.308 e. The first-order valence-electron chi connectivity index (χ1n) is 11.8. The summed E-state index contributed by atoms with van der Waals surface area (Å²) in [4.78, 5) is 45.9. The van der Waals surface area contributed by atoms with Crippen molar-refractivity contribution in [1.29, 1.82) is 5.26 Å². The van der Waals surface area contributed by atoms with Gasteiger partial charge in [-0.05, 0) is 24.3 Å². The Bertz CT molecular complexity index is 1420. The Labute approximate surface area is 215 Å². The fraction of sp³-hybridized carbons (Fsp3) is 0.207. The summed E-state index contributed by atoms with van der Waals surface area (Å²) < 4.78 is 0. The quantitative estimate of drug-likeness (QED) is 0.544. The summed E-state index contributed by atoms with van der Waals surface area (Å²) in [6.07, 6.45) is -1.30. The standard InChI is InChI=1S/C29H27N5O3/c1-29(2,3)24(35)18-34-23-15-8-7-14-22(23)25(20-11-5-4-6-12-20)32-26(27(34)36)33-28(37)31-21-13-9-10-19(16-21)17-30/h4-16,26H,18H2,1-3H3,(H2,31,33,37)/t26-/m0/s1. The van der Waals surface area contributed by atoms with E-state index >= 15 is 0 Å². The lowest BCUT2D eigenvalue weighted by Gasteiger charge is -2.28. The Morgan fingerprint density at radius 3 is 2.41 bits per heavy atom. The second kappa shape index (κ2) is 10.5. The summed E-state index contributed by atoms with van der Waals surface area (Å²) in [6.45, 7) is 5.23. The van der Waals surface area contributed by atoms with Gasteiger partial charge >= 0.3 is 6.03 Å². The molecule has 3 aromatic rings. The summed E-state index contributed by atoms with van der Waals surface area (Å²) in [6, 6.07) is 24.4. The molecule has 186 valence electrons. The van der Waals surface area contributed by atoms with Crippen molar-refractivity contribution < 1.29 is 14.4 Å². The topological polar surface area (TPSA) is 115 Å². The molecular weight excluding hydrogens is 466 g/mol. The molecule has 8 heteroatoms. The van der Waals surface area contributed by atoms with Crippen molar-refractivity contribution in [1.82, 2.24) is 5.32 Å². The van der Waals surface area contributed by atoms with E-state index in [0.717, 1.165) is 5.56 Å². The van der Waals surface area contributed by atoms with Crippen LogP contribution in [0.3, 0.4) is 0 Å². The Morgan fingerprint density at radius 2 is 1.70 bits per heavy atom. The monoisotopic (exact) mass is 493 g/mol. The normalized spacial score (nSPS) is 15.1. The molecule has 8 nitrogen and oxygen atoms in total. The van der Waals surface area contributed by atoms with Gasteiger partial charge in [0, 0.05) is 22.2 Å². The number of nitriles is 1. The summed E-state index contributed by atoms with van der Waals surface area (Å²) >= 11 is 0. The zero-order valence-electron chi connectivity index (χ0n) is 20.9. The first kappa shape index (κ1) is 25.3. The lowest BCUT2D eigenvalue weighted by Crippen LogP contribution is -2.50. The zero-order valence-corrected chi connectivity index (χ0v) is 20.9. The van der Waals surface area contributed by atoms with E-state index in [4.69, 9.17) is 10.3 Å². The molecule has 0 unspecified atom stereocenters. The highest BCUT2D eigenvalue weighted by Gasteiger charge is 2.35. The number of para-hydroxylation sites is 1. The lowest BCUT2D eigenvalue weighted by molar-refractivity contribution is -0.127. The van der Waals surface area contributed by atoms with E-state index in [1.54, 1.807) is 51.1 Å². The third-order valence-corrected chi connectivity index (χ3v) is 5.91. The van der Waals surface area contributed by atoms with Crippen LogP contribution in [-0.2, 0) is 9.59 Å². The maximum Gasteiger partial charge on any atom is 0.321 e. The number of hydrogen-bond acceptors (Lipinski definition) is 5. The van der Waals surface area contributed by atoms with Gasteiger partial charge in [0.15, 0.2) is 5.78 Å². The number of aliphatic imine (C=N–C) groups is 1. The fourth-order valence-corrected chi connectivity index (χ4v) is 3.85. The lowest BCUT2D eigenvalue weighted by atomic mass is 9.90. The number of carbonyl (C=O) groups excluding carboxylic acids is 3. The van der Waals surface area contributed by atoms with E-state index in [1.807, 2.05) is 48.5 Å². The maximum absolute atomic E-state index is 13.8. The van der Waals surface area contributed by atoms with Gasteiger partial charge in [-0.2, -0.15) is 5.26 Å². The van der Waals surface area contributed by atoms with Crippen molar-refractivity contribution in [2.45, 2.75) is 26.9 Å². The number of nitrogens with zero attached hydrogens (tertiary/aromatic N) is 3. The van der Waals surface area contributed by atoms with Gasteiger partial charge in [-0.15, -0.1) is 0 Å². The van der Waals surface area contributed by atoms with Crippen molar-refractivity contribution in [3.8, 4) is 6.07 Å². The van der Waals surface area contributed by atoms with Crippen molar-refractivity contribution in [2.75, 3.05) is 16.8 Å². The number of hydrogen-bond donors (Lipinski definition) is 2. The van der Waals surface area contributed by atoms with Crippen LogP contribution in [0.5, 0.6) is 0 Å². The number of benzodiazepines with no additional fused rings is 1. The third-order valence-electron chi connectivity index (χ3n) is 5.91. The molecule has 0 bridgehead atoms. The number of Topliss-reactive ketones (excluding diaryl/α,β-unsaturated/α-hetero) is 1. The van der Waals surface area contributed by atoms with Crippen molar-refractivity contribution in [2.24, 2.45) is 10.4 Å². The number of ketones is 1. The number of nitrogens with one attached hydrogen (secondary N) is 2. The second-order valence-corrected chi connectivity index (χ2v) is 9.65. The van der Waals surface area contributed by atoms with Crippen molar-refractivity contribution >= 4 is 34.8 Å². The van der Waals surface area contributed by atoms with E-state index < -0.39 is 23.5 Å². The number of benzene rings is 3. The fourth-order valence-electron chi connectivity index (χ4n) is 3.85. The molecule has 0 aliphatic carbocycles. The van der Waals surface area contributed by atoms with Crippen LogP contribution in [-0.4, -0.2) is 36.1 Å². The van der Waals surface area contributed by atoms with Crippen LogP contribution in [0.25, 0.3) is 0 Å². The molecule has 3 amide bonds. The molecule has 1 aliphatic heterocycles. The number of urea groups is 1. The summed E-state index contributed by atoms with van der Waals surface area (Å²) in [5.41, 5.74) is 2.61. The molecule has 1 aliphatic rings. The van der Waals surface area contributed by atoms with Gasteiger partial charge in [0.1, 0.15) is 0 Å². The maximum atomic E-state index is 13.8. The van der Waals surface area contributed by atoms with E-state index in [1.165, 1.54) is 11.0 Å². The van der Waals surface area contributed by atoms with Crippen LogP contribution in [0.1, 0.15) is 37.5 Å². The number of anilines is 2. The molecule has 2 N–H and O–H groups in total. The third kappa shape index (κ3) is 5.73. The summed E-state index contributed by atoms with van der Waals surface area (Å²) in [5, 5.41) is 14.4. The van der Waals surface area contributed by atoms with Crippen LogP contribution < -0.4 is 15.5 Å². The smallest absolute Gasteiger partial charge is 0.308 e. The van der Waals surface area contributed by atoms with Gasteiger partial charge in [0.05, 0.1) is 29.6 Å². The minimum absolute atomic E-state index is 0.129. The van der Waals surface area contributed by atoms with E-state index in [9.17, 15) is 14.4 Å². The van der Waals surface area contributed by atoms with Gasteiger partial charge in [-0.3, -0.25) is 9.59 Å². The molecule has 3 aromatic carbocycles. The van der Waals surface area contributed by atoms with Crippen molar-refractivity contribution in [3.05, 3.63) is 95.6 Å². The second-order valence-electron chi connectivity index (χ2n) is 9.65. The molecule has 37 heavy (non-hydrogen) atoms. The predicted molar refractivity (Wildman–Crippen MR) is 142 cm³/mol. The Hall–Kier alpha value is -4.77. The summed E-state index contributed by atoms with van der Waals surface area (Å²) in [5.74, 6) is -0.660. The van der Waals surface area contributed by atoms with Gasteiger partial charge in [0.25, 0.3) is 5.91 Å².